The number of nitrogens with zero attached hydrogens (tertiary/aromatic N) is 4. The molecule has 0 spiro atoms. The van der Waals surface area contributed by atoms with E-state index in [-0.39, 0.29) is 5.38 Å². The summed E-state index contributed by atoms with van der Waals surface area (Å²) >= 11 is 8.49. The number of aromatic nitrogens is 4. The zero-order valence-corrected chi connectivity index (χ0v) is 14.7. The molecule has 2 aromatic rings. The Morgan fingerprint density at radius 2 is 2.19 bits per heavy atom. The van der Waals surface area contributed by atoms with Gasteiger partial charge in [0.15, 0.2) is 5.65 Å². The van der Waals surface area contributed by atoms with Crippen LogP contribution < -0.4 is 0 Å². The fraction of sp³-hybridized carbons (Fsp3) is 0.733. The van der Waals surface area contributed by atoms with Gasteiger partial charge in [-0.1, -0.05) is 13.3 Å². The predicted octanol–water partition coefficient (Wildman–Crippen LogP) is 4.22. The van der Waals surface area contributed by atoms with Crippen LogP contribution in [0, 0.1) is 6.92 Å². The first-order valence-electron chi connectivity index (χ1n) is 7.71. The maximum absolute atomic E-state index is 6.42. The normalized spacial score (nSPS) is 24.0. The lowest BCUT2D eigenvalue weighted by molar-refractivity contribution is 0.507. The molecule has 3 atom stereocenters. The van der Waals surface area contributed by atoms with Crippen molar-refractivity contribution in [2.45, 2.75) is 56.7 Å². The van der Waals surface area contributed by atoms with Crippen LogP contribution in [0.1, 0.15) is 56.0 Å². The summed E-state index contributed by atoms with van der Waals surface area (Å²) in [6.07, 6.45) is 3.79. The second kappa shape index (κ2) is 5.84. The quantitative estimate of drug-likeness (QED) is 0.789. The molecule has 0 N–H and O–H groups in total. The fourth-order valence-corrected chi connectivity index (χ4v) is 4.93. The lowest BCUT2D eigenvalue weighted by atomic mass is 10.2. The van der Waals surface area contributed by atoms with Crippen LogP contribution in [0.15, 0.2) is 0 Å². The van der Waals surface area contributed by atoms with E-state index in [4.69, 9.17) is 16.6 Å². The van der Waals surface area contributed by atoms with Crippen LogP contribution in [0.3, 0.4) is 0 Å². The summed E-state index contributed by atoms with van der Waals surface area (Å²) in [6.45, 7) is 6.27. The largest absolute Gasteiger partial charge is 0.307 e. The van der Waals surface area contributed by atoms with E-state index in [0.29, 0.717) is 11.3 Å². The van der Waals surface area contributed by atoms with E-state index in [0.717, 1.165) is 28.4 Å². The molecule has 1 fully saturated rings. The third-order valence-electron chi connectivity index (χ3n) is 4.35. The number of hydrogen-bond donors (Lipinski definition) is 0. The highest BCUT2D eigenvalue weighted by atomic mass is 35.5. The van der Waals surface area contributed by atoms with Gasteiger partial charge >= 0.3 is 0 Å². The molecule has 1 aliphatic rings. The first-order valence-corrected chi connectivity index (χ1v) is 9.20. The lowest BCUT2D eigenvalue weighted by Crippen LogP contribution is -2.20. The Kier molecular flexibility index (Phi) is 4.23. The van der Waals surface area contributed by atoms with Gasteiger partial charge in [0.05, 0.1) is 11.1 Å². The first-order chi connectivity index (χ1) is 10.0. The van der Waals surface area contributed by atoms with E-state index in [9.17, 15) is 0 Å². The van der Waals surface area contributed by atoms with E-state index in [2.05, 4.69) is 28.4 Å². The van der Waals surface area contributed by atoms with Crippen molar-refractivity contribution in [1.82, 2.24) is 19.3 Å². The average molecular weight is 327 g/mol. The predicted molar refractivity (Wildman–Crippen MR) is 90.3 cm³/mol. The molecule has 2 heterocycles. The van der Waals surface area contributed by atoms with Crippen LogP contribution in [0.2, 0.25) is 0 Å². The molecule has 116 valence electrons. The van der Waals surface area contributed by atoms with Crippen LogP contribution in [-0.2, 0) is 7.05 Å². The zero-order valence-electron chi connectivity index (χ0n) is 13.1. The molecule has 3 unspecified atom stereocenters. The minimum Gasteiger partial charge on any atom is -0.307 e. The Morgan fingerprint density at radius 1 is 1.43 bits per heavy atom. The van der Waals surface area contributed by atoms with Crippen LogP contribution in [0.5, 0.6) is 0 Å². The molecule has 0 aliphatic heterocycles. The molecular formula is C15H23ClN4S. The topological polar surface area (TPSA) is 35.6 Å². The molecule has 1 saturated carbocycles. The molecule has 1 aliphatic carbocycles. The molecule has 4 nitrogen and oxygen atoms in total. The second-order valence-electron chi connectivity index (χ2n) is 5.83. The summed E-state index contributed by atoms with van der Waals surface area (Å²) in [5.41, 5.74) is 3.12. The van der Waals surface area contributed by atoms with Gasteiger partial charge in [0.2, 0.25) is 0 Å². The summed E-state index contributed by atoms with van der Waals surface area (Å²) in [4.78, 5) is 4.81. The van der Waals surface area contributed by atoms with Crippen LogP contribution >= 0.6 is 23.4 Å². The number of imidazole rings is 1. The van der Waals surface area contributed by atoms with Crippen molar-refractivity contribution in [1.29, 1.82) is 0 Å². The van der Waals surface area contributed by atoms with Gasteiger partial charge in [0.25, 0.3) is 0 Å². The van der Waals surface area contributed by atoms with E-state index in [1.54, 1.807) is 0 Å². The maximum Gasteiger partial charge on any atom is 0.159 e. The number of aryl methyl sites for hydroxylation is 2. The standard InChI is InChI=1S/C15H23ClN4S/c1-5-21-12-8-6-7-11(12)20-14(9(2)16)17-13-10(3)18-19(4)15(13)20/h9,11-12H,5-8H2,1-4H3. The van der Waals surface area contributed by atoms with Crippen molar-refractivity contribution < 1.29 is 0 Å². The smallest absolute Gasteiger partial charge is 0.159 e. The zero-order chi connectivity index (χ0) is 15.1. The average Bonchev–Trinajstić information content (AvgIpc) is 3.07. The number of rotatable bonds is 4. The van der Waals surface area contributed by atoms with Crippen molar-refractivity contribution in [3.05, 3.63) is 11.5 Å². The molecule has 21 heavy (non-hydrogen) atoms. The summed E-state index contributed by atoms with van der Waals surface area (Å²) in [7, 11) is 2.01. The van der Waals surface area contributed by atoms with Crippen LogP contribution in [0.25, 0.3) is 11.2 Å². The molecule has 6 heteroatoms. The molecule has 0 bridgehead atoms. The third kappa shape index (κ3) is 2.48. The lowest BCUT2D eigenvalue weighted by Gasteiger charge is -2.23. The summed E-state index contributed by atoms with van der Waals surface area (Å²) in [5, 5.41) is 5.12. The van der Waals surface area contributed by atoms with Gasteiger partial charge in [-0.25, -0.2) is 4.98 Å². The van der Waals surface area contributed by atoms with Crippen LogP contribution in [-0.4, -0.2) is 30.3 Å². The van der Waals surface area contributed by atoms with Crippen molar-refractivity contribution in [3.63, 3.8) is 0 Å². The highest BCUT2D eigenvalue weighted by Gasteiger charge is 2.33. The summed E-state index contributed by atoms with van der Waals surface area (Å²) in [5.74, 6) is 2.16. The van der Waals surface area contributed by atoms with Gasteiger partial charge in [-0.15, -0.1) is 11.6 Å². The van der Waals surface area contributed by atoms with Gasteiger partial charge in [-0.05, 0) is 32.4 Å². The van der Waals surface area contributed by atoms with Gasteiger partial charge in [0, 0.05) is 18.3 Å². The maximum atomic E-state index is 6.42. The monoisotopic (exact) mass is 326 g/mol. The number of hydrogen-bond acceptors (Lipinski definition) is 3. The van der Waals surface area contributed by atoms with Gasteiger partial charge in [-0.2, -0.15) is 16.9 Å². The Bertz CT molecular complexity index is 646. The molecule has 3 rings (SSSR count). The molecule has 0 amide bonds. The van der Waals surface area contributed by atoms with Crippen molar-refractivity contribution in [2.24, 2.45) is 7.05 Å². The number of alkyl halides is 1. The number of fused-ring (bicyclic) bond motifs is 1. The van der Waals surface area contributed by atoms with E-state index in [1.165, 1.54) is 19.3 Å². The fourth-order valence-electron chi connectivity index (χ4n) is 3.53. The molecule has 0 radical (unpaired) electrons. The number of halogens is 1. The van der Waals surface area contributed by atoms with Gasteiger partial charge in [0.1, 0.15) is 11.3 Å². The van der Waals surface area contributed by atoms with Crippen molar-refractivity contribution >= 4 is 34.5 Å². The molecule has 0 saturated heterocycles. The van der Waals surface area contributed by atoms with Gasteiger partial charge < -0.3 is 4.57 Å². The Hall–Kier alpha value is -0.680. The van der Waals surface area contributed by atoms with Crippen molar-refractivity contribution in [3.8, 4) is 0 Å². The molecular weight excluding hydrogens is 304 g/mol. The summed E-state index contributed by atoms with van der Waals surface area (Å²) < 4.78 is 4.35. The SMILES string of the molecule is CCSC1CCCC1n1c(C(C)Cl)nc2c(C)nn(C)c21. The number of thioether (sulfide) groups is 1. The Balaban J connectivity index is 2.17. The Labute approximate surface area is 135 Å². The highest BCUT2D eigenvalue weighted by molar-refractivity contribution is 7.99. The molecule has 2 aromatic heterocycles. The summed E-state index contributed by atoms with van der Waals surface area (Å²) in [6, 6.07) is 0.492. The van der Waals surface area contributed by atoms with E-state index >= 15 is 0 Å². The van der Waals surface area contributed by atoms with E-state index in [1.807, 2.05) is 25.6 Å². The minimum absolute atomic E-state index is 0.0790. The van der Waals surface area contributed by atoms with Crippen LogP contribution in [0.4, 0.5) is 0 Å². The van der Waals surface area contributed by atoms with Crippen molar-refractivity contribution in [2.75, 3.05) is 5.75 Å². The minimum atomic E-state index is -0.0790. The third-order valence-corrected chi connectivity index (χ3v) is 5.85. The van der Waals surface area contributed by atoms with E-state index < -0.39 is 0 Å². The second-order valence-corrected chi connectivity index (χ2v) is 8.00. The first kappa shape index (κ1) is 15.2. The highest BCUT2D eigenvalue weighted by Crippen LogP contribution is 2.42. The van der Waals surface area contributed by atoms with Gasteiger partial charge in [-0.3, -0.25) is 4.68 Å². The Morgan fingerprint density at radius 3 is 2.86 bits per heavy atom. The molecule has 0 aromatic carbocycles.